The minimum atomic E-state index is -0.332. The number of urea groups is 1. The molecule has 0 saturated carbocycles. The van der Waals surface area contributed by atoms with Crippen molar-refractivity contribution in [2.24, 2.45) is 5.73 Å². The van der Waals surface area contributed by atoms with E-state index in [1.54, 1.807) is 4.90 Å². The second kappa shape index (κ2) is 10.3. The molecule has 0 radical (unpaired) electrons. The Balaban J connectivity index is 1.32. The molecule has 0 bridgehead atoms. The maximum absolute atomic E-state index is 13.5. The van der Waals surface area contributed by atoms with E-state index < -0.39 is 0 Å². The molecule has 2 saturated heterocycles. The van der Waals surface area contributed by atoms with E-state index in [0.29, 0.717) is 25.2 Å². The van der Waals surface area contributed by atoms with Gasteiger partial charge >= 0.3 is 6.03 Å². The lowest BCUT2D eigenvalue weighted by atomic mass is 9.99. The van der Waals surface area contributed by atoms with Gasteiger partial charge in [-0.05, 0) is 32.0 Å². The number of carbonyl (C=O) groups excluding carboxylic acids is 2. The van der Waals surface area contributed by atoms with Crippen molar-refractivity contribution in [3.8, 4) is 11.3 Å². The molecule has 204 valence electrons. The SMILES string of the molecule is CN1CCN(c2ncc(-c3ccc4ncc5c(c4n3)N(C3CCN(CC(N)=O)CC3)C(=O)N(C)C5)cn2)CC1. The Bertz CT molecular complexity index is 1380. The first-order chi connectivity index (χ1) is 18.9. The Morgan fingerprint density at radius 1 is 0.974 bits per heavy atom. The molecule has 3 aliphatic rings. The third-order valence-corrected chi connectivity index (χ3v) is 7.96. The minimum absolute atomic E-state index is 0.00890. The molecule has 3 aromatic heterocycles. The van der Waals surface area contributed by atoms with Gasteiger partial charge in [0.2, 0.25) is 11.9 Å². The van der Waals surface area contributed by atoms with Crippen LogP contribution < -0.4 is 15.5 Å². The number of rotatable bonds is 5. The number of likely N-dealkylation sites (N-methyl/N-ethyl adjacent to an activating group) is 1. The Labute approximate surface area is 227 Å². The molecule has 0 aromatic carbocycles. The second-order valence-corrected chi connectivity index (χ2v) is 10.7. The third-order valence-electron chi connectivity index (χ3n) is 7.96. The Hall–Kier alpha value is -3.90. The number of fused-ring (bicyclic) bond motifs is 3. The largest absolute Gasteiger partial charge is 0.369 e. The third kappa shape index (κ3) is 4.97. The summed E-state index contributed by atoms with van der Waals surface area (Å²) in [5.74, 6) is 0.399. The van der Waals surface area contributed by atoms with Crippen LogP contribution in [0.4, 0.5) is 16.4 Å². The van der Waals surface area contributed by atoms with Gasteiger partial charge in [-0.2, -0.15) is 0 Å². The summed E-state index contributed by atoms with van der Waals surface area (Å²) in [6, 6.07) is 3.82. The molecule has 0 aliphatic carbocycles. The monoisotopic (exact) mass is 530 g/mol. The number of primary amides is 1. The number of hydrogen-bond acceptors (Lipinski definition) is 9. The van der Waals surface area contributed by atoms with Gasteiger partial charge in [0.1, 0.15) is 5.52 Å². The van der Waals surface area contributed by atoms with Crippen LogP contribution in [0.2, 0.25) is 0 Å². The lowest BCUT2D eigenvalue weighted by Crippen LogP contribution is -2.54. The molecule has 6 heterocycles. The van der Waals surface area contributed by atoms with Crippen LogP contribution in [0.1, 0.15) is 18.4 Å². The van der Waals surface area contributed by atoms with Crippen molar-refractivity contribution in [3.05, 3.63) is 36.3 Å². The van der Waals surface area contributed by atoms with E-state index in [4.69, 9.17) is 10.7 Å². The number of hydrogen-bond donors (Lipinski definition) is 1. The number of nitrogens with two attached hydrogens (primary N) is 1. The van der Waals surface area contributed by atoms with Gasteiger partial charge in [-0.1, -0.05) is 0 Å². The number of piperidine rings is 1. The van der Waals surface area contributed by atoms with Crippen LogP contribution in [0.3, 0.4) is 0 Å². The number of carbonyl (C=O) groups is 2. The summed E-state index contributed by atoms with van der Waals surface area (Å²) in [5.41, 5.74) is 10.2. The first kappa shape index (κ1) is 25.4. The van der Waals surface area contributed by atoms with Gasteiger partial charge < -0.3 is 20.4 Å². The molecular formula is C27H34N10O2. The number of aromatic nitrogens is 4. The lowest BCUT2D eigenvalue weighted by Gasteiger charge is -2.43. The molecule has 12 nitrogen and oxygen atoms in total. The molecular weight excluding hydrogens is 496 g/mol. The zero-order chi connectivity index (χ0) is 27.1. The maximum atomic E-state index is 13.5. The maximum Gasteiger partial charge on any atom is 0.324 e. The zero-order valence-corrected chi connectivity index (χ0v) is 22.5. The van der Waals surface area contributed by atoms with E-state index >= 15 is 0 Å². The fourth-order valence-corrected chi connectivity index (χ4v) is 5.76. The number of nitrogens with zero attached hydrogens (tertiary/aromatic N) is 9. The molecule has 3 aliphatic heterocycles. The quantitative estimate of drug-likeness (QED) is 0.517. The van der Waals surface area contributed by atoms with Crippen molar-refractivity contribution >= 4 is 34.6 Å². The van der Waals surface area contributed by atoms with E-state index in [1.165, 1.54) is 0 Å². The highest BCUT2D eigenvalue weighted by Crippen LogP contribution is 2.37. The van der Waals surface area contributed by atoms with Crippen LogP contribution in [-0.2, 0) is 11.3 Å². The highest BCUT2D eigenvalue weighted by molar-refractivity contribution is 6.04. The Kier molecular flexibility index (Phi) is 6.73. The molecule has 0 spiro atoms. The second-order valence-electron chi connectivity index (χ2n) is 10.7. The normalized spacial score (nSPS) is 19.5. The summed E-state index contributed by atoms with van der Waals surface area (Å²) in [6.45, 7) is 5.91. The molecule has 3 aromatic rings. The van der Waals surface area contributed by atoms with E-state index in [1.807, 2.05) is 47.6 Å². The highest BCUT2D eigenvalue weighted by atomic mass is 16.2. The van der Waals surface area contributed by atoms with Gasteiger partial charge in [-0.25, -0.2) is 19.7 Å². The van der Waals surface area contributed by atoms with E-state index in [2.05, 4.69) is 31.8 Å². The fourth-order valence-electron chi connectivity index (χ4n) is 5.76. The number of piperazine rings is 1. The average Bonchev–Trinajstić information content (AvgIpc) is 2.94. The van der Waals surface area contributed by atoms with Crippen LogP contribution in [0.15, 0.2) is 30.7 Å². The van der Waals surface area contributed by atoms with Gasteiger partial charge in [0.05, 0.1) is 30.0 Å². The number of amides is 3. The van der Waals surface area contributed by atoms with Crippen molar-refractivity contribution < 1.29 is 9.59 Å². The minimum Gasteiger partial charge on any atom is -0.369 e. The van der Waals surface area contributed by atoms with Gasteiger partial charge in [0, 0.05) is 82.1 Å². The van der Waals surface area contributed by atoms with Crippen LogP contribution in [0.25, 0.3) is 22.3 Å². The first-order valence-electron chi connectivity index (χ1n) is 13.5. The number of pyridine rings is 2. The summed E-state index contributed by atoms with van der Waals surface area (Å²) in [4.78, 5) is 54.1. The van der Waals surface area contributed by atoms with Crippen LogP contribution >= 0.6 is 0 Å². The molecule has 2 N–H and O–H groups in total. The number of likely N-dealkylation sites (tertiary alicyclic amines) is 1. The Morgan fingerprint density at radius 2 is 1.69 bits per heavy atom. The smallest absolute Gasteiger partial charge is 0.324 e. The molecule has 12 heteroatoms. The fraction of sp³-hybridized carbons (Fsp3) is 0.481. The molecule has 0 atom stereocenters. The van der Waals surface area contributed by atoms with Gasteiger partial charge in [-0.3, -0.25) is 19.6 Å². The molecule has 6 rings (SSSR count). The van der Waals surface area contributed by atoms with Crippen molar-refractivity contribution in [3.63, 3.8) is 0 Å². The summed E-state index contributed by atoms with van der Waals surface area (Å²) < 4.78 is 0. The Morgan fingerprint density at radius 3 is 2.38 bits per heavy atom. The summed E-state index contributed by atoms with van der Waals surface area (Å²) in [5, 5.41) is 0. The van der Waals surface area contributed by atoms with Crippen molar-refractivity contribution in [1.82, 2.24) is 34.6 Å². The predicted octanol–water partition coefficient (Wildman–Crippen LogP) is 1.16. The van der Waals surface area contributed by atoms with E-state index in [-0.39, 0.29) is 24.5 Å². The highest BCUT2D eigenvalue weighted by Gasteiger charge is 2.37. The van der Waals surface area contributed by atoms with Crippen molar-refractivity contribution in [2.75, 3.05) is 69.7 Å². The lowest BCUT2D eigenvalue weighted by molar-refractivity contribution is -0.119. The molecule has 2 fully saturated rings. The molecule has 0 unspecified atom stereocenters. The summed E-state index contributed by atoms with van der Waals surface area (Å²) >= 11 is 0. The van der Waals surface area contributed by atoms with Crippen LogP contribution in [0, 0.1) is 0 Å². The van der Waals surface area contributed by atoms with Gasteiger partial charge in [-0.15, -0.1) is 0 Å². The first-order valence-corrected chi connectivity index (χ1v) is 13.5. The zero-order valence-electron chi connectivity index (χ0n) is 22.5. The molecule has 39 heavy (non-hydrogen) atoms. The van der Waals surface area contributed by atoms with E-state index in [9.17, 15) is 9.59 Å². The van der Waals surface area contributed by atoms with Gasteiger partial charge in [0.15, 0.2) is 0 Å². The molecule has 3 amide bonds. The van der Waals surface area contributed by atoms with Crippen LogP contribution in [-0.4, -0.2) is 113 Å². The summed E-state index contributed by atoms with van der Waals surface area (Å²) in [7, 11) is 3.94. The standard InChI is InChI=1S/C27H34N10O2/c1-33-9-11-36(12-10-33)26-30-13-18(14-31-26)21-3-4-22-24(32-21)25-19(15-29-22)16-34(2)27(39)37(25)20-5-7-35(8-6-20)17-23(28)38/h3-4,13-15,20H,5-12,16-17H2,1-2H3,(H2,28,38). The predicted molar refractivity (Wildman–Crippen MR) is 148 cm³/mol. The number of anilines is 2. The average molecular weight is 531 g/mol. The van der Waals surface area contributed by atoms with Crippen molar-refractivity contribution in [2.45, 2.75) is 25.4 Å². The van der Waals surface area contributed by atoms with Crippen molar-refractivity contribution in [1.29, 1.82) is 0 Å². The van der Waals surface area contributed by atoms with Crippen LogP contribution in [0.5, 0.6) is 0 Å². The van der Waals surface area contributed by atoms with E-state index in [0.717, 1.165) is 73.0 Å². The van der Waals surface area contributed by atoms with Gasteiger partial charge in [0.25, 0.3) is 0 Å². The summed E-state index contributed by atoms with van der Waals surface area (Å²) in [6.07, 6.45) is 6.99. The topological polar surface area (TPSA) is 128 Å².